The second-order valence-corrected chi connectivity index (χ2v) is 6.79. The third-order valence-electron chi connectivity index (χ3n) is 4.53. The molecule has 10 heteroatoms. The van der Waals surface area contributed by atoms with E-state index in [2.05, 4.69) is 5.32 Å². The van der Waals surface area contributed by atoms with Crippen LogP contribution in [0.5, 0.6) is 0 Å². The van der Waals surface area contributed by atoms with Crippen molar-refractivity contribution in [2.45, 2.75) is 19.3 Å². The van der Waals surface area contributed by atoms with Crippen LogP contribution in [0.2, 0.25) is 5.02 Å². The topological polar surface area (TPSA) is 119 Å². The van der Waals surface area contributed by atoms with Gasteiger partial charge in [0.05, 0.1) is 21.1 Å². The zero-order chi connectivity index (χ0) is 20.3. The first-order chi connectivity index (χ1) is 13.4. The van der Waals surface area contributed by atoms with Crippen LogP contribution >= 0.6 is 11.6 Å². The summed E-state index contributed by atoms with van der Waals surface area (Å²) < 4.78 is 0. The Labute approximate surface area is 165 Å². The molecule has 0 saturated carbocycles. The van der Waals surface area contributed by atoms with E-state index in [4.69, 9.17) is 11.6 Å². The Kier molecular flexibility index (Phi) is 5.74. The average molecular weight is 405 g/mol. The Morgan fingerprint density at radius 3 is 2.36 bits per heavy atom. The van der Waals surface area contributed by atoms with Gasteiger partial charge in [0.1, 0.15) is 5.02 Å². The zero-order valence-corrected chi connectivity index (χ0v) is 15.5. The van der Waals surface area contributed by atoms with Crippen molar-refractivity contribution >= 4 is 40.3 Å². The molecule has 2 aromatic rings. The molecule has 0 aromatic heterocycles. The van der Waals surface area contributed by atoms with Gasteiger partial charge < -0.3 is 10.2 Å². The highest BCUT2D eigenvalue weighted by Crippen LogP contribution is 2.31. The summed E-state index contributed by atoms with van der Waals surface area (Å²) in [7, 11) is 0. The number of hydrogen-bond donors (Lipinski definition) is 1. The molecule has 0 unspecified atom stereocenters. The van der Waals surface area contributed by atoms with Gasteiger partial charge in [0, 0.05) is 37.0 Å². The number of carbonyl (C=O) groups excluding carboxylic acids is 1. The fraction of sp³-hybridized carbons (Fsp3) is 0.278. The number of benzene rings is 2. The molecule has 1 amide bonds. The zero-order valence-electron chi connectivity index (χ0n) is 14.8. The standard InChI is InChI=1S/C18H17ClN4O5/c19-15-6-4-12(10-17(15)23(27)28)20-18(24)14-11-13(22(25)26)5-7-16(14)21-8-2-1-3-9-21/h4-7,10-11H,1-3,8-9H2,(H,20,24). The van der Waals surface area contributed by atoms with Crippen LogP contribution in [0.25, 0.3) is 0 Å². The van der Waals surface area contributed by atoms with Gasteiger partial charge in [-0.3, -0.25) is 25.0 Å². The highest BCUT2D eigenvalue weighted by Gasteiger charge is 2.23. The maximum Gasteiger partial charge on any atom is 0.289 e. The van der Waals surface area contributed by atoms with Gasteiger partial charge in [0.2, 0.25) is 0 Å². The molecule has 0 spiro atoms. The minimum absolute atomic E-state index is 0.0487. The summed E-state index contributed by atoms with van der Waals surface area (Å²) in [6.45, 7) is 1.51. The number of nitrogens with one attached hydrogen (secondary N) is 1. The lowest BCUT2D eigenvalue weighted by Gasteiger charge is -2.30. The van der Waals surface area contributed by atoms with Gasteiger partial charge in [0.15, 0.2) is 0 Å². The summed E-state index contributed by atoms with van der Waals surface area (Å²) >= 11 is 5.79. The van der Waals surface area contributed by atoms with E-state index in [1.807, 2.05) is 4.90 Å². The van der Waals surface area contributed by atoms with E-state index < -0.39 is 15.8 Å². The first-order valence-electron chi connectivity index (χ1n) is 8.65. The number of nitro groups is 2. The first kappa shape index (κ1) is 19.6. The number of nitro benzene ring substituents is 2. The van der Waals surface area contributed by atoms with E-state index in [0.29, 0.717) is 5.69 Å². The van der Waals surface area contributed by atoms with Gasteiger partial charge in [-0.15, -0.1) is 0 Å². The Morgan fingerprint density at radius 2 is 1.71 bits per heavy atom. The number of halogens is 1. The number of anilines is 2. The fourth-order valence-corrected chi connectivity index (χ4v) is 3.35. The van der Waals surface area contributed by atoms with Crippen molar-refractivity contribution in [3.05, 3.63) is 67.2 Å². The average Bonchev–Trinajstić information content (AvgIpc) is 2.69. The molecule has 0 radical (unpaired) electrons. The minimum Gasteiger partial charge on any atom is -0.371 e. The largest absolute Gasteiger partial charge is 0.371 e. The van der Waals surface area contributed by atoms with E-state index in [-0.39, 0.29) is 27.6 Å². The van der Waals surface area contributed by atoms with Crippen molar-refractivity contribution in [1.82, 2.24) is 0 Å². The molecule has 1 heterocycles. The first-order valence-corrected chi connectivity index (χ1v) is 9.03. The molecule has 1 aliphatic heterocycles. The van der Waals surface area contributed by atoms with Crippen LogP contribution < -0.4 is 10.2 Å². The smallest absolute Gasteiger partial charge is 0.289 e. The van der Waals surface area contributed by atoms with Gasteiger partial charge >= 0.3 is 0 Å². The molecule has 0 bridgehead atoms. The molecule has 0 atom stereocenters. The van der Waals surface area contributed by atoms with E-state index in [9.17, 15) is 25.0 Å². The van der Waals surface area contributed by atoms with Crippen molar-refractivity contribution in [3.63, 3.8) is 0 Å². The third kappa shape index (κ3) is 4.20. The van der Waals surface area contributed by atoms with Crippen molar-refractivity contribution in [1.29, 1.82) is 0 Å². The second kappa shape index (κ2) is 8.22. The molecule has 1 saturated heterocycles. The normalized spacial score (nSPS) is 13.8. The van der Waals surface area contributed by atoms with Crippen LogP contribution in [0.3, 0.4) is 0 Å². The summed E-state index contributed by atoms with van der Waals surface area (Å²) in [6, 6.07) is 8.07. The lowest BCUT2D eigenvalue weighted by molar-refractivity contribution is -0.385. The van der Waals surface area contributed by atoms with Gasteiger partial charge in [0.25, 0.3) is 17.3 Å². The van der Waals surface area contributed by atoms with Crippen molar-refractivity contribution in [3.8, 4) is 0 Å². The molecule has 1 fully saturated rings. The Bertz CT molecular complexity index is 944. The number of hydrogen-bond acceptors (Lipinski definition) is 6. The fourth-order valence-electron chi connectivity index (χ4n) is 3.16. The molecule has 1 aliphatic rings. The summed E-state index contributed by atoms with van der Waals surface area (Å²) in [6.07, 6.45) is 3.04. The van der Waals surface area contributed by atoms with Crippen LogP contribution in [0.4, 0.5) is 22.7 Å². The van der Waals surface area contributed by atoms with Crippen LogP contribution in [0.1, 0.15) is 29.6 Å². The van der Waals surface area contributed by atoms with Crippen molar-refractivity contribution < 1.29 is 14.6 Å². The number of carbonyl (C=O) groups is 1. The maximum absolute atomic E-state index is 12.9. The number of piperidine rings is 1. The molecule has 2 aromatic carbocycles. The maximum atomic E-state index is 12.9. The number of amides is 1. The highest BCUT2D eigenvalue weighted by atomic mass is 35.5. The van der Waals surface area contributed by atoms with Crippen molar-refractivity contribution in [2.75, 3.05) is 23.3 Å². The summed E-state index contributed by atoms with van der Waals surface area (Å²) in [5.41, 5.74) is 0.389. The van der Waals surface area contributed by atoms with E-state index in [1.54, 1.807) is 6.07 Å². The molecule has 9 nitrogen and oxygen atoms in total. The van der Waals surface area contributed by atoms with Crippen LogP contribution in [0.15, 0.2) is 36.4 Å². The van der Waals surface area contributed by atoms with E-state index >= 15 is 0 Å². The van der Waals surface area contributed by atoms with Gasteiger partial charge in [-0.25, -0.2) is 0 Å². The SMILES string of the molecule is O=C(Nc1ccc(Cl)c([N+](=O)[O-])c1)c1cc([N+](=O)[O-])ccc1N1CCCCC1. The molecule has 3 rings (SSSR count). The van der Waals surface area contributed by atoms with E-state index in [1.165, 1.54) is 24.3 Å². The lowest BCUT2D eigenvalue weighted by atomic mass is 10.1. The van der Waals surface area contributed by atoms with E-state index in [0.717, 1.165) is 38.4 Å². The third-order valence-corrected chi connectivity index (χ3v) is 4.85. The predicted molar refractivity (Wildman–Crippen MR) is 105 cm³/mol. The number of nitrogens with zero attached hydrogens (tertiary/aromatic N) is 3. The Morgan fingerprint density at radius 1 is 1.00 bits per heavy atom. The molecule has 1 N–H and O–H groups in total. The van der Waals surface area contributed by atoms with Gasteiger partial charge in [-0.2, -0.15) is 0 Å². The van der Waals surface area contributed by atoms with Gasteiger partial charge in [-0.05, 0) is 37.5 Å². The van der Waals surface area contributed by atoms with Crippen LogP contribution in [0, 0.1) is 20.2 Å². The summed E-state index contributed by atoms with van der Waals surface area (Å²) in [4.78, 5) is 35.8. The second-order valence-electron chi connectivity index (χ2n) is 6.38. The van der Waals surface area contributed by atoms with Gasteiger partial charge in [-0.1, -0.05) is 11.6 Å². The Balaban J connectivity index is 1.95. The number of non-ortho nitro benzene ring substituents is 1. The molecular weight excluding hydrogens is 388 g/mol. The van der Waals surface area contributed by atoms with Crippen molar-refractivity contribution in [2.24, 2.45) is 0 Å². The lowest BCUT2D eigenvalue weighted by Crippen LogP contribution is -2.31. The monoisotopic (exact) mass is 404 g/mol. The molecule has 146 valence electrons. The quantitative estimate of drug-likeness (QED) is 0.582. The molecule has 0 aliphatic carbocycles. The Hall–Kier alpha value is -3.20. The molecule has 28 heavy (non-hydrogen) atoms. The predicted octanol–water partition coefficient (Wildman–Crippen LogP) is 4.40. The molecular formula is C18H17ClN4O5. The minimum atomic E-state index is -0.648. The van der Waals surface area contributed by atoms with Crippen LogP contribution in [-0.4, -0.2) is 28.8 Å². The summed E-state index contributed by atoms with van der Waals surface area (Å²) in [5.74, 6) is -0.583. The summed E-state index contributed by atoms with van der Waals surface area (Å²) in [5, 5.41) is 24.7. The number of rotatable bonds is 5. The highest BCUT2D eigenvalue weighted by molar-refractivity contribution is 6.32. The van der Waals surface area contributed by atoms with Crippen LogP contribution in [-0.2, 0) is 0 Å².